The minimum atomic E-state index is -0.725. The van der Waals surface area contributed by atoms with Gasteiger partial charge >= 0.3 is 12.1 Å². The predicted molar refractivity (Wildman–Crippen MR) is 102 cm³/mol. The third-order valence-electron chi connectivity index (χ3n) is 3.67. The number of nitrogens with two attached hydrogens (primary N) is 1. The van der Waals surface area contributed by atoms with Gasteiger partial charge in [0, 0.05) is 6.54 Å². The Morgan fingerprint density at radius 1 is 1.11 bits per heavy atom. The summed E-state index contributed by atoms with van der Waals surface area (Å²) in [5.74, 6) is -0.484. The molecule has 0 spiro atoms. The first kappa shape index (κ1) is 24.8. The van der Waals surface area contributed by atoms with Crippen molar-refractivity contribution in [3.05, 3.63) is 0 Å². The second-order valence-electron chi connectivity index (χ2n) is 7.81. The van der Waals surface area contributed by atoms with E-state index in [1.54, 1.807) is 20.8 Å². The van der Waals surface area contributed by atoms with Gasteiger partial charge in [0.1, 0.15) is 11.4 Å². The van der Waals surface area contributed by atoms with E-state index in [1.165, 1.54) is 6.92 Å². The number of rotatable bonds is 11. The molecule has 156 valence electrons. The van der Waals surface area contributed by atoms with E-state index in [2.05, 4.69) is 16.0 Å². The maximum atomic E-state index is 12.5. The summed E-state index contributed by atoms with van der Waals surface area (Å²) in [5.41, 5.74) is 4.32. The zero-order chi connectivity index (χ0) is 21.2. The number of amides is 3. The normalized spacial score (nSPS) is 13.6. The Bertz CT molecular complexity index is 528. The summed E-state index contributed by atoms with van der Waals surface area (Å²) in [4.78, 5) is 46.9. The molecule has 27 heavy (non-hydrogen) atoms. The first-order valence-corrected chi connectivity index (χ1v) is 9.13. The van der Waals surface area contributed by atoms with Gasteiger partial charge in [-0.2, -0.15) is 0 Å². The molecule has 0 heterocycles. The second kappa shape index (κ2) is 11.5. The summed E-state index contributed by atoms with van der Waals surface area (Å²) in [7, 11) is 0. The number of primary amides is 1. The molecule has 3 amide bonds. The summed E-state index contributed by atoms with van der Waals surface area (Å²) in [6.45, 7) is 10.6. The van der Waals surface area contributed by atoms with Crippen LogP contribution in [0.5, 0.6) is 0 Å². The van der Waals surface area contributed by atoms with Crippen LogP contribution in [0.2, 0.25) is 0 Å². The lowest BCUT2D eigenvalue weighted by molar-refractivity contribution is -0.122. The van der Waals surface area contributed by atoms with Crippen LogP contribution in [0.4, 0.5) is 9.59 Å². The lowest BCUT2D eigenvalue weighted by atomic mass is 9.99. The summed E-state index contributed by atoms with van der Waals surface area (Å²) in [6.07, 6.45) is 0.336. The molecule has 5 N–H and O–H groups in total. The van der Waals surface area contributed by atoms with E-state index in [0.717, 1.165) is 0 Å². The quantitative estimate of drug-likeness (QED) is 0.392. The fourth-order valence-corrected chi connectivity index (χ4v) is 2.35. The van der Waals surface area contributed by atoms with Crippen LogP contribution in [-0.4, -0.2) is 54.5 Å². The number of ether oxygens (including phenoxy) is 1. The number of Topliss-reactive ketones (excluding diaryl/α,β-unsaturated/α-hetero) is 2. The Hall–Kier alpha value is -2.16. The summed E-state index contributed by atoms with van der Waals surface area (Å²) in [6, 6.07) is -1.86. The molecule has 0 aliphatic rings. The number of ketones is 2. The number of hydrogen-bond donors (Lipinski definition) is 4. The Balaban J connectivity index is 4.65. The molecule has 0 saturated carbocycles. The summed E-state index contributed by atoms with van der Waals surface area (Å²) >= 11 is 0. The largest absolute Gasteiger partial charge is 0.444 e. The highest BCUT2D eigenvalue weighted by Gasteiger charge is 2.27. The van der Waals surface area contributed by atoms with Crippen molar-refractivity contribution in [1.29, 1.82) is 0 Å². The molecule has 0 radical (unpaired) electrons. The van der Waals surface area contributed by atoms with Gasteiger partial charge < -0.3 is 26.4 Å². The SMILES string of the molecule is CC(=O)[C@H](CCCNC(N)=O)NCC(=O)[C@@H](NC(=O)OC(C)(C)C)C(C)C. The van der Waals surface area contributed by atoms with Crippen LogP contribution in [0.15, 0.2) is 0 Å². The molecule has 0 bridgehead atoms. The van der Waals surface area contributed by atoms with Gasteiger partial charge in [-0.05, 0) is 46.5 Å². The van der Waals surface area contributed by atoms with E-state index in [9.17, 15) is 19.2 Å². The molecular weight excluding hydrogens is 352 g/mol. The maximum absolute atomic E-state index is 12.5. The number of nitrogens with one attached hydrogen (secondary N) is 3. The minimum Gasteiger partial charge on any atom is -0.444 e. The van der Waals surface area contributed by atoms with Crippen molar-refractivity contribution in [3.8, 4) is 0 Å². The Morgan fingerprint density at radius 3 is 2.15 bits per heavy atom. The fourth-order valence-electron chi connectivity index (χ4n) is 2.35. The van der Waals surface area contributed by atoms with E-state index in [4.69, 9.17) is 10.5 Å². The molecule has 2 atom stereocenters. The molecule has 0 aromatic heterocycles. The van der Waals surface area contributed by atoms with Gasteiger partial charge in [-0.25, -0.2) is 9.59 Å². The number of alkyl carbamates (subject to hydrolysis) is 1. The van der Waals surface area contributed by atoms with Crippen LogP contribution in [0.1, 0.15) is 54.4 Å². The molecule has 9 heteroatoms. The Labute approximate surface area is 161 Å². The van der Waals surface area contributed by atoms with Crippen molar-refractivity contribution in [2.45, 2.75) is 72.1 Å². The smallest absolute Gasteiger partial charge is 0.408 e. The fraction of sp³-hybridized carbons (Fsp3) is 0.778. The van der Waals surface area contributed by atoms with Crippen molar-refractivity contribution < 1.29 is 23.9 Å². The van der Waals surface area contributed by atoms with Crippen LogP contribution in [0.3, 0.4) is 0 Å². The number of urea groups is 1. The van der Waals surface area contributed by atoms with Crippen LogP contribution < -0.4 is 21.7 Å². The summed E-state index contributed by atoms with van der Waals surface area (Å²) < 4.78 is 5.20. The first-order chi connectivity index (χ1) is 12.3. The van der Waals surface area contributed by atoms with Gasteiger partial charge in [-0.1, -0.05) is 13.8 Å². The van der Waals surface area contributed by atoms with Gasteiger partial charge in [0.05, 0.1) is 18.6 Å². The molecule has 0 unspecified atom stereocenters. The standard InChI is InChI=1S/C18H34N4O5/c1-11(2)15(22-17(26)27-18(4,5)6)14(24)10-21-13(12(3)23)8-7-9-20-16(19)25/h11,13,15,21H,7-10H2,1-6H3,(H,22,26)(H3,19,20,25)/t13-,15-/m0/s1. The van der Waals surface area contributed by atoms with Crippen molar-refractivity contribution in [3.63, 3.8) is 0 Å². The molecule has 0 saturated heterocycles. The van der Waals surface area contributed by atoms with Crippen LogP contribution >= 0.6 is 0 Å². The average Bonchev–Trinajstić information content (AvgIpc) is 2.48. The van der Waals surface area contributed by atoms with E-state index >= 15 is 0 Å². The first-order valence-electron chi connectivity index (χ1n) is 9.13. The van der Waals surface area contributed by atoms with E-state index in [-0.39, 0.29) is 24.0 Å². The molecule has 0 rings (SSSR count). The molecule has 0 aliphatic heterocycles. The zero-order valence-corrected chi connectivity index (χ0v) is 17.2. The van der Waals surface area contributed by atoms with Crippen LogP contribution in [0.25, 0.3) is 0 Å². The summed E-state index contributed by atoms with van der Waals surface area (Å²) in [5, 5.41) is 7.97. The van der Waals surface area contributed by atoms with Crippen molar-refractivity contribution >= 4 is 23.7 Å². The van der Waals surface area contributed by atoms with Gasteiger partial charge in [0.25, 0.3) is 0 Å². The van der Waals surface area contributed by atoms with E-state index in [1.807, 2.05) is 13.8 Å². The lowest BCUT2D eigenvalue weighted by Gasteiger charge is -2.25. The highest BCUT2D eigenvalue weighted by molar-refractivity contribution is 5.90. The zero-order valence-electron chi connectivity index (χ0n) is 17.2. The highest BCUT2D eigenvalue weighted by atomic mass is 16.6. The third-order valence-corrected chi connectivity index (χ3v) is 3.67. The number of carbonyl (C=O) groups excluding carboxylic acids is 4. The van der Waals surface area contributed by atoms with Crippen molar-refractivity contribution in [2.24, 2.45) is 11.7 Å². The van der Waals surface area contributed by atoms with E-state index in [0.29, 0.717) is 19.4 Å². The van der Waals surface area contributed by atoms with Crippen molar-refractivity contribution in [2.75, 3.05) is 13.1 Å². The molecular formula is C18H34N4O5. The maximum Gasteiger partial charge on any atom is 0.408 e. The second-order valence-corrected chi connectivity index (χ2v) is 7.81. The molecule has 0 aromatic carbocycles. The molecule has 0 fully saturated rings. The average molecular weight is 386 g/mol. The lowest BCUT2D eigenvalue weighted by Crippen LogP contribution is -2.50. The molecule has 0 aromatic rings. The predicted octanol–water partition coefficient (Wildman–Crippen LogP) is 1.10. The number of carbonyl (C=O) groups is 4. The molecule has 0 aliphatic carbocycles. The monoisotopic (exact) mass is 386 g/mol. The molecule has 9 nitrogen and oxygen atoms in total. The Morgan fingerprint density at radius 2 is 1.70 bits per heavy atom. The van der Waals surface area contributed by atoms with E-state index < -0.39 is 29.8 Å². The third kappa shape index (κ3) is 12.0. The van der Waals surface area contributed by atoms with Crippen LogP contribution in [-0.2, 0) is 14.3 Å². The van der Waals surface area contributed by atoms with Gasteiger partial charge in [0.2, 0.25) is 0 Å². The van der Waals surface area contributed by atoms with Crippen molar-refractivity contribution in [1.82, 2.24) is 16.0 Å². The Kier molecular flexibility index (Phi) is 10.6. The van der Waals surface area contributed by atoms with Gasteiger partial charge in [-0.15, -0.1) is 0 Å². The van der Waals surface area contributed by atoms with Crippen LogP contribution in [0, 0.1) is 5.92 Å². The highest BCUT2D eigenvalue weighted by Crippen LogP contribution is 2.09. The number of hydrogen-bond acceptors (Lipinski definition) is 6. The topological polar surface area (TPSA) is 140 Å². The minimum absolute atomic E-state index is 0.0634. The van der Waals surface area contributed by atoms with Gasteiger partial charge in [0.15, 0.2) is 5.78 Å². The van der Waals surface area contributed by atoms with Gasteiger partial charge in [-0.3, -0.25) is 9.59 Å².